The van der Waals surface area contributed by atoms with Crippen LogP contribution in [0.25, 0.3) is 0 Å². The highest BCUT2D eigenvalue weighted by molar-refractivity contribution is 5.76. The van der Waals surface area contributed by atoms with Gasteiger partial charge in [-0.1, -0.05) is 36.4 Å². The first-order valence-electron chi connectivity index (χ1n) is 9.53. The highest BCUT2D eigenvalue weighted by Crippen LogP contribution is 2.44. The van der Waals surface area contributed by atoms with Gasteiger partial charge in [0.05, 0.1) is 0 Å². The molecule has 0 amide bonds. The minimum Gasteiger partial charge on any atom is -0.308 e. The van der Waals surface area contributed by atoms with Gasteiger partial charge in [0.1, 0.15) is 0 Å². The molecule has 0 atom stereocenters. The molecule has 2 aliphatic rings. The lowest BCUT2D eigenvalue weighted by Crippen LogP contribution is -2.25. The van der Waals surface area contributed by atoms with E-state index in [4.69, 9.17) is 5.41 Å². The van der Waals surface area contributed by atoms with Crippen LogP contribution in [-0.2, 0) is 0 Å². The quantitative estimate of drug-likeness (QED) is 0.495. The fourth-order valence-corrected chi connectivity index (χ4v) is 4.87. The zero-order valence-electron chi connectivity index (χ0n) is 14.5. The first-order chi connectivity index (χ1) is 11.3. The summed E-state index contributed by atoms with van der Waals surface area (Å²) in [5.41, 5.74) is 2.51. The Morgan fingerprint density at radius 2 is 1.39 bits per heavy atom. The Hall–Kier alpha value is -1.37. The van der Waals surface area contributed by atoms with Gasteiger partial charge in [-0.25, -0.2) is 0 Å². The Balaban J connectivity index is 1.49. The highest BCUT2D eigenvalue weighted by atomic mass is 14.4. The van der Waals surface area contributed by atoms with Gasteiger partial charge in [-0.3, -0.25) is 0 Å². The number of nitrogens with one attached hydrogen (secondary N) is 1. The lowest BCUT2D eigenvalue weighted by Gasteiger charge is -2.37. The molecule has 0 heterocycles. The molecule has 0 saturated heterocycles. The third kappa shape index (κ3) is 4.13. The SMILES string of the molecule is C/C=C/C1CCC(C2CCC(c3ccc(C=N)cc3)CC2)CC1. The number of hydrogen-bond donors (Lipinski definition) is 1. The summed E-state index contributed by atoms with van der Waals surface area (Å²) in [6.45, 7) is 2.15. The molecule has 0 spiro atoms. The maximum absolute atomic E-state index is 7.31. The van der Waals surface area contributed by atoms with E-state index in [0.717, 1.165) is 29.2 Å². The average molecular weight is 309 g/mol. The number of rotatable bonds is 4. The molecule has 2 saturated carbocycles. The zero-order valence-corrected chi connectivity index (χ0v) is 14.5. The largest absolute Gasteiger partial charge is 0.308 e. The Morgan fingerprint density at radius 1 is 0.826 bits per heavy atom. The molecule has 3 rings (SSSR count). The van der Waals surface area contributed by atoms with Crippen molar-refractivity contribution in [2.45, 2.75) is 64.2 Å². The maximum atomic E-state index is 7.31. The highest BCUT2D eigenvalue weighted by Gasteiger charge is 2.30. The van der Waals surface area contributed by atoms with E-state index in [2.05, 4.69) is 43.3 Å². The van der Waals surface area contributed by atoms with Gasteiger partial charge in [0.25, 0.3) is 0 Å². The van der Waals surface area contributed by atoms with Crippen molar-refractivity contribution in [3.8, 4) is 0 Å². The zero-order chi connectivity index (χ0) is 16.1. The van der Waals surface area contributed by atoms with Crippen LogP contribution in [0.2, 0.25) is 0 Å². The van der Waals surface area contributed by atoms with Crippen LogP contribution in [-0.4, -0.2) is 6.21 Å². The second kappa shape index (κ2) is 7.95. The third-order valence-electron chi connectivity index (χ3n) is 6.29. The molecule has 0 bridgehead atoms. The van der Waals surface area contributed by atoms with Crippen LogP contribution in [0.4, 0.5) is 0 Å². The normalized spacial score (nSPS) is 32.0. The second-order valence-electron chi connectivity index (χ2n) is 7.62. The van der Waals surface area contributed by atoms with Crippen molar-refractivity contribution in [3.05, 3.63) is 47.5 Å². The van der Waals surface area contributed by atoms with Crippen molar-refractivity contribution in [3.63, 3.8) is 0 Å². The van der Waals surface area contributed by atoms with Gasteiger partial charge in [-0.2, -0.15) is 0 Å². The van der Waals surface area contributed by atoms with E-state index in [9.17, 15) is 0 Å². The molecule has 1 N–H and O–H groups in total. The standard InChI is InChI=1S/C22H31N/c1-2-3-17-4-8-19(9-5-17)21-12-14-22(15-13-21)20-10-6-18(16-23)7-11-20/h2-3,6-7,10-11,16-17,19,21-23H,4-5,8-9,12-15H2,1H3/b3-2+,23-16?. The summed E-state index contributed by atoms with van der Waals surface area (Å²) >= 11 is 0. The number of benzene rings is 1. The van der Waals surface area contributed by atoms with Crippen LogP contribution in [0.15, 0.2) is 36.4 Å². The van der Waals surface area contributed by atoms with Crippen molar-refractivity contribution in [2.24, 2.45) is 17.8 Å². The molecule has 1 aromatic rings. The van der Waals surface area contributed by atoms with Gasteiger partial charge in [0, 0.05) is 6.21 Å². The summed E-state index contributed by atoms with van der Waals surface area (Å²) in [5.74, 6) is 3.60. The van der Waals surface area contributed by atoms with E-state index in [-0.39, 0.29) is 0 Å². The van der Waals surface area contributed by atoms with Crippen LogP contribution in [0.3, 0.4) is 0 Å². The first-order valence-corrected chi connectivity index (χ1v) is 9.53. The Morgan fingerprint density at radius 3 is 1.91 bits per heavy atom. The Labute approximate surface area is 141 Å². The molecule has 0 aliphatic heterocycles. The fourth-order valence-electron chi connectivity index (χ4n) is 4.87. The third-order valence-corrected chi connectivity index (χ3v) is 6.29. The fraction of sp³-hybridized carbons (Fsp3) is 0.591. The molecular formula is C22H31N. The molecule has 0 radical (unpaired) electrons. The van der Waals surface area contributed by atoms with Crippen molar-refractivity contribution < 1.29 is 0 Å². The topological polar surface area (TPSA) is 23.9 Å². The van der Waals surface area contributed by atoms with Crippen LogP contribution >= 0.6 is 0 Å². The lowest BCUT2D eigenvalue weighted by atomic mass is 9.68. The van der Waals surface area contributed by atoms with Gasteiger partial charge in [0.2, 0.25) is 0 Å². The van der Waals surface area contributed by atoms with E-state index < -0.39 is 0 Å². The molecule has 0 unspecified atom stereocenters. The Kier molecular flexibility index (Phi) is 5.70. The average Bonchev–Trinajstić information content (AvgIpc) is 2.63. The van der Waals surface area contributed by atoms with Crippen molar-refractivity contribution >= 4 is 6.21 Å². The van der Waals surface area contributed by atoms with Gasteiger partial charge in [-0.05, 0) is 93.1 Å². The first kappa shape index (κ1) is 16.5. The predicted octanol–water partition coefficient (Wildman–Crippen LogP) is 6.34. The van der Waals surface area contributed by atoms with E-state index in [0.29, 0.717) is 0 Å². The molecular weight excluding hydrogens is 278 g/mol. The number of hydrogen-bond acceptors (Lipinski definition) is 1. The summed E-state index contributed by atoms with van der Waals surface area (Å²) in [5, 5.41) is 7.31. The minimum absolute atomic E-state index is 0.755. The monoisotopic (exact) mass is 309 g/mol. The van der Waals surface area contributed by atoms with Crippen LogP contribution < -0.4 is 0 Å². The summed E-state index contributed by atoms with van der Waals surface area (Å²) < 4.78 is 0. The maximum Gasteiger partial charge on any atom is 0.0250 e. The summed E-state index contributed by atoms with van der Waals surface area (Å²) in [7, 11) is 0. The van der Waals surface area contributed by atoms with Crippen LogP contribution in [0, 0.1) is 23.2 Å². The summed E-state index contributed by atoms with van der Waals surface area (Å²) in [6.07, 6.45) is 17.4. The number of allylic oxidation sites excluding steroid dienone is 2. The predicted molar refractivity (Wildman–Crippen MR) is 99.3 cm³/mol. The molecule has 1 nitrogen and oxygen atoms in total. The summed E-state index contributed by atoms with van der Waals surface area (Å²) in [6, 6.07) is 8.68. The molecule has 0 aromatic heterocycles. The smallest absolute Gasteiger partial charge is 0.0250 e. The van der Waals surface area contributed by atoms with Crippen LogP contribution in [0.1, 0.15) is 75.3 Å². The molecule has 124 valence electrons. The molecule has 23 heavy (non-hydrogen) atoms. The van der Waals surface area contributed by atoms with E-state index >= 15 is 0 Å². The van der Waals surface area contributed by atoms with E-state index in [1.165, 1.54) is 63.1 Å². The molecule has 1 heteroatoms. The van der Waals surface area contributed by atoms with Gasteiger partial charge >= 0.3 is 0 Å². The molecule has 2 aliphatic carbocycles. The second-order valence-corrected chi connectivity index (χ2v) is 7.62. The van der Waals surface area contributed by atoms with Gasteiger partial charge in [0.15, 0.2) is 0 Å². The van der Waals surface area contributed by atoms with Crippen molar-refractivity contribution in [1.82, 2.24) is 0 Å². The van der Waals surface area contributed by atoms with Gasteiger partial charge < -0.3 is 5.41 Å². The molecule has 1 aromatic carbocycles. The van der Waals surface area contributed by atoms with Crippen molar-refractivity contribution in [1.29, 1.82) is 5.41 Å². The van der Waals surface area contributed by atoms with E-state index in [1.54, 1.807) is 0 Å². The summed E-state index contributed by atoms with van der Waals surface area (Å²) in [4.78, 5) is 0. The van der Waals surface area contributed by atoms with Crippen LogP contribution in [0.5, 0.6) is 0 Å². The lowest BCUT2D eigenvalue weighted by molar-refractivity contribution is 0.171. The van der Waals surface area contributed by atoms with Gasteiger partial charge in [-0.15, -0.1) is 0 Å². The van der Waals surface area contributed by atoms with Crippen molar-refractivity contribution in [2.75, 3.05) is 0 Å². The minimum atomic E-state index is 0.755. The Bertz CT molecular complexity index is 511. The van der Waals surface area contributed by atoms with E-state index in [1.807, 2.05) is 0 Å². The molecule has 2 fully saturated rings.